The molecule has 2 nitrogen and oxygen atoms in total. The van der Waals surface area contributed by atoms with Gasteiger partial charge in [0.1, 0.15) is 0 Å². The Kier molecular flexibility index (Phi) is 3.08. The molecule has 2 heteroatoms. The molecule has 1 unspecified atom stereocenters. The van der Waals surface area contributed by atoms with E-state index in [4.69, 9.17) is 5.73 Å². The summed E-state index contributed by atoms with van der Waals surface area (Å²) in [5.74, 6) is 0.569. The summed E-state index contributed by atoms with van der Waals surface area (Å²) in [4.78, 5) is 2.52. The van der Waals surface area contributed by atoms with Crippen molar-refractivity contribution in [1.29, 1.82) is 0 Å². The molecular formula is C13H20N2. The lowest BCUT2D eigenvalue weighted by Crippen LogP contribution is -2.36. The van der Waals surface area contributed by atoms with E-state index in [0.29, 0.717) is 12.0 Å². The number of benzene rings is 1. The van der Waals surface area contributed by atoms with E-state index in [9.17, 15) is 0 Å². The number of nitrogens with two attached hydrogens (primary N) is 1. The Morgan fingerprint density at radius 1 is 1.20 bits per heavy atom. The van der Waals surface area contributed by atoms with Crippen LogP contribution in [0.15, 0.2) is 24.3 Å². The predicted octanol–water partition coefficient (Wildman–Crippen LogP) is 1.99. The Morgan fingerprint density at radius 2 is 1.73 bits per heavy atom. The average Bonchev–Trinajstić information content (AvgIpc) is 2.70. The lowest BCUT2D eigenvalue weighted by atomic mass is 10.0. The molecule has 82 valence electrons. The maximum Gasteiger partial charge on any atom is 0.0243 e. The molecule has 15 heavy (non-hydrogen) atoms. The minimum absolute atomic E-state index is 0.569. The van der Waals surface area contributed by atoms with Gasteiger partial charge in [0.05, 0.1) is 0 Å². The lowest BCUT2D eigenvalue weighted by molar-refractivity contribution is 0.165. The van der Waals surface area contributed by atoms with Crippen molar-refractivity contribution in [2.45, 2.75) is 33.0 Å². The fourth-order valence-corrected chi connectivity index (χ4v) is 2.20. The van der Waals surface area contributed by atoms with E-state index >= 15 is 0 Å². The van der Waals surface area contributed by atoms with Crippen molar-refractivity contribution < 1.29 is 0 Å². The van der Waals surface area contributed by atoms with Crippen LogP contribution in [-0.4, -0.2) is 17.5 Å². The second-order valence-electron chi connectivity index (χ2n) is 4.63. The second kappa shape index (κ2) is 4.33. The van der Waals surface area contributed by atoms with Crippen molar-refractivity contribution in [3.8, 4) is 0 Å². The zero-order valence-corrected chi connectivity index (χ0v) is 9.61. The van der Waals surface area contributed by atoms with Crippen molar-refractivity contribution in [2.75, 3.05) is 6.54 Å². The van der Waals surface area contributed by atoms with E-state index in [1.807, 2.05) is 0 Å². The molecule has 1 aliphatic rings. The minimum atomic E-state index is 0.569. The van der Waals surface area contributed by atoms with E-state index < -0.39 is 0 Å². The standard InChI is InChI=1S/C13H20N2/c1-10(7-14)11(2)15-8-12-5-3-4-6-13(12)9-15/h3-6,10-11H,7-9,14H2,1-2H3/t10?,11-/m0/s1. The first-order valence-corrected chi connectivity index (χ1v) is 5.73. The molecule has 0 radical (unpaired) electrons. The van der Waals surface area contributed by atoms with Crippen LogP contribution in [0.3, 0.4) is 0 Å². The quantitative estimate of drug-likeness (QED) is 0.816. The first-order valence-electron chi connectivity index (χ1n) is 5.73. The van der Waals surface area contributed by atoms with Crippen LogP contribution >= 0.6 is 0 Å². The van der Waals surface area contributed by atoms with Crippen LogP contribution < -0.4 is 5.73 Å². The average molecular weight is 204 g/mol. The van der Waals surface area contributed by atoms with Gasteiger partial charge in [-0.1, -0.05) is 31.2 Å². The highest BCUT2D eigenvalue weighted by atomic mass is 15.2. The zero-order chi connectivity index (χ0) is 10.8. The highest BCUT2D eigenvalue weighted by Gasteiger charge is 2.25. The Morgan fingerprint density at radius 3 is 2.20 bits per heavy atom. The van der Waals surface area contributed by atoms with Crippen LogP contribution in [0, 0.1) is 5.92 Å². The van der Waals surface area contributed by atoms with Crippen LogP contribution in [0.25, 0.3) is 0 Å². The molecule has 0 aliphatic carbocycles. The Hall–Kier alpha value is -0.860. The monoisotopic (exact) mass is 204 g/mol. The molecule has 2 N–H and O–H groups in total. The van der Waals surface area contributed by atoms with Gasteiger partial charge in [0.25, 0.3) is 0 Å². The molecular weight excluding hydrogens is 184 g/mol. The van der Waals surface area contributed by atoms with Crippen molar-refractivity contribution in [2.24, 2.45) is 11.7 Å². The van der Waals surface area contributed by atoms with E-state index in [2.05, 4.69) is 43.0 Å². The molecule has 1 aliphatic heterocycles. The minimum Gasteiger partial charge on any atom is -0.330 e. The lowest BCUT2D eigenvalue weighted by Gasteiger charge is -2.28. The fraction of sp³-hybridized carbons (Fsp3) is 0.538. The van der Waals surface area contributed by atoms with Crippen LogP contribution in [-0.2, 0) is 13.1 Å². The van der Waals surface area contributed by atoms with Gasteiger partial charge in [0, 0.05) is 19.1 Å². The number of hydrogen-bond donors (Lipinski definition) is 1. The zero-order valence-electron chi connectivity index (χ0n) is 9.61. The van der Waals surface area contributed by atoms with E-state index in [-0.39, 0.29) is 0 Å². The maximum atomic E-state index is 5.72. The third-order valence-corrected chi connectivity index (χ3v) is 3.64. The molecule has 0 saturated carbocycles. The predicted molar refractivity (Wildman–Crippen MR) is 63.4 cm³/mol. The third-order valence-electron chi connectivity index (χ3n) is 3.64. The van der Waals surface area contributed by atoms with Crippen LogP contribution in [0.5, 0.6) is 0 Å². The van der Waals surface area contributed by atoms with Crippen molar-refractivity contribution in [3.63, 3.8) is 0 Å². The van der Waals surface area contributed by atoms with E-state index in [0.717, 1.165) is 19.6 Å². The SMILES string of the molecule is CC(CN)[C@H](C)N1Cc2ccccc2C1. The molecule has 0 saturated heterocycles. The van der Waals surface area contributed by atoms with Gasteiger partial charge in [-0.2, -0.15) is 0 Å². The molecule has 0 amide bonds. The highest BCUT2D eigenvalue weighted by Crippen LogP contribution is 2.26. The van der Waals surface area contributed by atoms with Gasteiger partial charge in [-0.05, 0) is 30.5 Å². The summed E-state index contributed by atoms with van der Waals surface area (Å²) in [6.45, 7) is 7.45. The normalized spacial score (nSPS) is 19.9. The van der Waals surface area contributed by atoms with Crippen LogP contribution in [0.2, 0.25) is 0 Å². The number of nitrogens with zero attached hydrogens (tertiary/aromatic N) is 1. The van der Waals surface area contributed by atoms with Gasteiger partial charge in [0.15, 0.2) is 0 Å². The third kappa shape index (κ3) is 2.06. The smallest absolute Gasteiger partial charge is 0.0243 e. The first kappa shape index (κ1) is 10.7. The number of hydrogen-bond acceptors (Lipinski definition) is 2. The molecule has 0 bridgehead atoms. The van der Waals surface area contributed by atoms with E-state index in [1.165, 1.54) is 11.1 Å². The highest BCUT2D eigenvalue weighted by molar-refractivity contribution is 5.30. The summed E-state index contributed by atoms with van der Waals surface area (Å²) >= 11 is 0. The summed E-state index contributed by atoms with van der Waals surface area (Å²) < 4.78 is 0. The van der Waals surface area contributed by atoms with Crippen LogP contribution in [0.1, 0.15) is 25.0 Å². The van der Waals surface area contributed by atoms with Gasteiger partial charge in [-0.25, -0.2) is 0 Å². The van der Waals surface area contributed by atoms with Crippen LogP contribution in [0.4, 0.5) is 0 Å². The molecule has 2 atom stereocenters. The maximum absolute atomic E-state index is 5.72. The summed E-state index contributed by atoms with van der Waals surface area (Å²) in [6.07, 6.45) is 0. The van der Waals surface area contributed by atoms with E-state index in [1.54, 1.807) is 0 Å². The van der Waals surface area contributed by atoms with Gasteiger partial charge in [-0.15, -0.1) is 0 Å². The summed E-state index contributed by atoms with van der Waals surface area (Å²) in [5.41, 5.74) is 8.68. The summed E-state index contributed by atoms with van der Waals surface area (Å²) in [7, 11) is 0. The van der Waals surface area contributed by atoms with Gasteiger partial charge >= 0.3 is 0 Å². The van der Waals surface area contributed by atoms with Gasteiger partial charge < -0.3 is 5.73 Å². The van der Waals surface area contributed by atoms with Crippen molar-refractivity contribution in [1.82, 2.24) is 4.90 Å². The largest absolute Gasteiger partial charge is 0.330 e. The first-order chi connectivity index (χ1) is 7.22. The molecule has 0 aromatic heterocycles. The van der Waals surface area contributed by atoms with Gasteiger partial charge in [0.2, 0.25) is 0 Å². The second-order valence-corrected chi connectivity index (χ2v) is 4.63. The summed E-state index contributed by atoms with van der Waals surface area (Å²) in [5, 5.41) is 0. The fourth-order valence-electron chi connectivity index (χ4n) is 2.20. The molecule has 0 fully saturated rings. The van der Waals surface area contributed by atoms with Crippen molar-refractivity contribution in [3.05, 3.63) is 35.4 Å². The molecule has 2 rings (SSSR count). The van der Waals surface area contributed by atoms with Crippen molar-refractivity contribution >= 4 is 0 Å². The topological polar surface area (TPSA) is 29.3 Å². The molecule has 1 heterocycles. The Balaban J connectivity index is 2.07. The Bertz CT molecular complexity index is 310. The Labute approximate surface area is 92.1 Å². The molecule has 1 aromatic rings. The molecule has 1 aromatic carbocycles. The number of rotatable bonds is 3. The number of fused-ring (bicyclic) bond motifs is 1. The summed E-state index contributed by atoms with van der Waals surface area (Å²) in [6, 6.07) is 9.28. The molecule has 0 spiro atoms. The van der Waals surface area contributed by atoms with Gasteiger partial charge in [-0.3, -0.25) is 4.90 Å².